The van der Waals surface area contributed by atoms with Crippen molar-refractivity contribution in [1.82, 2.24) is 5.32 Å². The van der Waals surface area contributed by atoms with Crippen LogP contribution >= 0.6 is 0 Å². The summed E-state index contributed by atoms with van der Waals surface area (Å²) in [6.45, 7) is 1.78. The third-order valence-electron chi connectivity index (χ3n) is 2.10. The topological polar surface area (TPSA) is 72.7 Å². The van der Waals surface area contributed by atoms with Gasteiger partial charge in [-0.1, -0.05) is 0 Å². The predicted molar refractivity (Wildman–Crippen MR) is 40.1 cm³/mol. The van der Waals surface area contributed by atoms with Gasteiger partial charge in [0.2, 0.25) is 0 Å². The number of piperidine rings is 1. The molecule has 0 amide bonds. The second-order valence-electron chi connectivity index (χ2n) is 3.15. The van der Waals surface area contributed by atoms with Gasteiger partial charge in [-0.2, -0.15) is 0 Å². The summed E-state index contributed by atoms with van der Waals surface area (Å²) in [5.74, 6) is 0. The Labute approximate surface area is 65.9 Å². The fourth-order valence-electron chi connectivity index (χ4n) is 1.46. The standard InChI is InChI=1S/C7H15NO3/c1-4-2-6(10)7(11)5(3-9)8-4/h4-11H,2-3H2,1H3/t4?,5-,6-,7-/m1/s1. The summed E-state index contributed by atoms with van der Waals surface area (Å²) in [7, 11) is 0. The van der Waals surface area contributed by atoms with E-state index in [1.165, 1.54) is 0 Å². The van der Waals surface area contributed by atoms with Crippen LogP contribution in [0.5, 0.6) is 0 Å². The summed E-state index contributed by atoms with van der Waals surface area (Å²) in [5.41, 5.74) is 0. The van der Waals surface area contributed by atoms with Crippen LogP contribution in [0.1, 0.15) is 13.3 Å². The van der Waals surface area contributed by atoms with Crippen molar-refractivity contribution in [3.05, 3.63) is 0 Å². The first-order valence-electron chi connectivity index (χ1n) is 3.88. The van der Waals surface area contributed by atoms with Gasteiger partial charge in [0.05, 0.1) is 24.9 Å². The normalized spacial score (nSPS) is 45.8. The molecule has 4 nitrogen and oxygen atoms in total. The smallest absolute Gasteiger partial charge is 0.0974 e. The number of aliphatic hydroxyl groups excluding tert-OH is 3. The lowest BCUT2D eigenvalue weighted by Gasteiger charge is -2.35. The highest BCUT2D eigenvalue weighted by Gasteiger charge is 2.32. The lowest BCUT2D eigenvalue weighted by atomic mass is 9.94. The first kappa shape index (κ1) is 8.93. The Morgan fingerprint density at radius 1 is 1.45 bits per heavy atom. The Balaban J connectivity index is 2.51. The highest BCUT2D eigenvalue weighted by atomic mass is 16.3. The molecule has 1 saturated heterocycles. The molecule has 1 fully saturated rings. The Kier molecular flexibility index (Phi) is 2.84. The fraction of sp³-hybridized carbons (Fsp3) is 1.00. The number of aliphatic hydroxyl groups is 3. The van der Waals surface area contributed by atoms with Crippen LogP contribution in [-0.2, 0) is 0 Å². The van der Waals surface area contributed by atoms with E-state index in [9.17, 15) is 10.2 Å². The molecule has 0 spiro atoms. The Bertz CT molecular complexity index is 131. The average molecular weight is 161 g/mol. The van der Waals surface area contributed by atoms with Gasteiger partial charge in [0.25, 0.3) is 0 Å². The van der Waals surface area contributed by atoms with E-state index in [1.807, 2.05) is 6.92 Å². The molecule has 4 atom stereocenters. The predicted octanol–water partition coefficient (Wildman–Crippen LogP) is -1.55. The molecule has 1 aliphatic heterocycles. The average Bonchev–Trinajstić information content (AvgIpc) is 1.96. The molecule has 4 N–H and O–H groups in total. The van der Waals surface area contributed by atoms with Gasteiger partial charge >= 0.3 is 0 Å². The maximum Gasteiger partial charge on any atom is 0.0974 e. The fourth-order valence-corrected chi connectivity index (χ4v) is 1.46. The number of rotatable bonds is 1. The minimum Gasteiger partial charge on any atom is -0.395 e. The third-order valence-corrected chi connectivity index (χ3v) is 2.10. The van der Waals surface area contributed by atoms with Crippen molar-refractivity contribution in [2.24, 2.45) is 0 Å². The largest absolute Gasteiger partial charge is 0.395 e. The molecule has 0 aromatic rings. The minimum absolute atomic E-state index is 0.136. The van der Waals surface area contributed by atoms with Gasteiger partial charge in [0, 0.05) is 6.04 Å². The van der Waals surface area contributed by atoms with Crippen molar-refractivity contribution < 1.29 is 15.3 Å². The molecule has 0 aromatic carbocycles. The van der Waals surface area contributed by atoms with Crippen LogP contribution in [0.2, 0.25) is 0 Å². The molecule has 1 unspecified atom stereocenters. The van der Waals surface area contributed by atoms with Gasteiger partial charge < -0.3 is 20.6 Å². The Morgan fingerprint density at radius 3 is 2.64 bits per heavy atom. The highest BCUT2D eigenvalue weighted by molar-refractivity contribution is 4.89. The number of hydrogen-bond donors (Lipinski definition) is 4. The molecule has 0 radical (unpaired) electrons. The number of hydrogen-bond acceptors (Lipinski definition) is 4. The molecule has 4 heteroatoms. The van der Waals surface area contributed by atoms with Crippen molar-refractivity contribution in [3.63, 3.8) is 0 Å². The molecule has 1 heterocycles. The molecule has 1 aliphatic rings. The SMILES string of the molecule is CC1C[C@@H](O)[C@H](O)[C@@H](CO)N1. The van der Waals surface area contributed by atoms with E-state index in [4.69, 9.17) is 5.11 Å². The lowest BCUT2D eigenvalue weighted by molar-refractivity contribution is -0.0488. The van der Waals surface area contributed by atoms with Crippen LogP contribution in [0.4, 0.5) is 0 Å². The van der Waals surface area contributed by atoms with Crippen molar-refractivity contribution in [2.45, 2.75) is 37.6 Å². The van der Waals surface area contributed by atoms with Crippen molar-refractivity contribution in [3.8, 4) is 0 Å². The molecule has 11 heavy (non-hydrogen) atoms. The molecular formula is C7H15NO3. The molecule has 0 bridgehead atoms. The number of nitrogens with one attached hydrogen (secondary N) is 1. The molecule has 0 aliphatic carbocycles. The molecule has 66 valence electrons. The van der Waals surface area contributed by atoms with E-state index in [0.29, 0.717) is 6.42 Å². The van der Waals surface area contributed by atoms with E-state index < -0.39 is 12.2 Å². The summed E-state index contributed by atoms with van der Waals surface area (Å²) >= 11 is 0. The minimum atomic E-state index is -0.837. The second kappa shape index (κ2) is 3.49. The van der Waals surface area contributed by atoms with E-state index in [0.717, 1.165) is 0 Å². The van der Waals surface area contributed by atoms with Crippen molar-refractivity contribution in [1.29, 1.82) is 0 Å². The van der Waals surface area contributed by atoms with Crippen molar-refractivity contribution >= 4 is 0 Å². The zero-order valence-electron chi connectivity index (χ0n) is 6.57. The van der Waals surface area contributed by atoms with Gasteiger partial charge in [0.15, 0.2) is 0 Å². The van der Waals surface area contributed by atoms with Gasteiger partial charge in [0.1, 0.15) is 0 Å². The van der Waals surface area contributed by atoms with E-state index in [-0.39, 0.29) is 18.7 Å². The zero-order valence-corrected chi connectivity index (χ0v) is 6.57. The van der Waals surface area contributed by atoms with Crippen LogP contribution in [0.15, 0.2) is 0 Å². The summed E-state index contributed by atoms with van der Waals surface area (Å²) < 4.78 is 0. The Morgan fingerprint density at radius 2 is 2.09 bits per heavy atom. The quantitative estimate of drug-likeness (QED) is 0.376. The first-order valence-corrected chi connectivity index (χ1v) is 3.88. The molecular weight excluding hydrogens is 146 g/mol. The summed E-state index contributed by atoms with van der Waals surface area (Å²) in [4.78, 5) is 0. The highest BCUT2D eigenvalue weighted by Crippen LogP contribution is 2.13. The second-order valence-corrected chi connectivity index (χ2v) is 3.15. The van der Waals surface area contributed by atoms with Crippen LogP contribution in [0, 0.1) is 0 Å². The van der Waals surface area contributed by atoms with Gasteiger partial charge in [-0.3, -0.25) is 0 Å². The summed E-state index contributed by atoms with van der Waals surface area (Å²) in [6, 6.07) is -0.223. The van der Waals surface area contributed by atoms with Gasteiger partial charge in [-0.05, 0) is 13.3 Å². The maximum absolute atomic E-state index is 9.28. The molecule has 0 saturated carbocycles. The van der Waals surface area contributed by atoms with Crippen molar-refractivity contribution in [2.75, 3.05) is 6.61 Å². The van der Waals surface area contributed by atoms with Gasteiger partial charge in [-0.25, -0.2) is 0 Å². The first-order chi connectivity index (χ1) is 5.15. The molecule has 1 rings (SSSR count). The lowest BCUT2D eigenvalue weighted by Crippen LogP contribution is -2.57. The summed E-state index contributed by atoms with van der Waals surface area (Å²) in [6.07, 6.45) is -1.00. The monoisotopic (exact) mass is 161 g/mol. The van der Waals surface area contributed by atoms with E-state index in [1.54, 1.807) is 0 Å². The Hall–Kier alpha value is -0.160. The zero-order chi connectivity index (χ0) is 8.43. The molecule has 0 aromatic heterocycles. The van der Waals surface area contributed by atoms with Crippen LogP contribution in [0.25, 0.3) is 0 Å². The van der Waals surface area contributed by atoms with Crippen LogP contribution in [-0.4, -0.2) is 46.2 Å². The van der Waals surface area contributed by atoms with Crippen LogP contribution < -0.4 is 5.32 Å². The van der Waals surface area contributed by atoms with Crippen LogP contribution in [0.3, 0.4) is 0 Å². The van der Waals surface area contributed by atoms with Gasteiger partial charge in [-0.15, -0.1) is 0 Å². The third kappa shape index (κ3) is 1.90. The maximum atomic E-state index is 9.28. The summed E-state index contributed by atoms with van der Waals surface area (Å²) in [5, 5.41) is 30.3. The van der Waals surface area contributed by atoms with E-state index in [2.05, 4.69) is 5.32 Å². The van der Waals surface area contributed by atoms with E-state index >= 15 is 0 Å².